The summed E-state index contributed by atoms with van der Waals surface area (Å²) in [5.74, 6) is 2.81. The second kappa shape index (κ2) is 7.70. The summed E-state index contributed by atoms with van der Waals surface area (Å²) < 4.78 is 22.3. The van der Waals surface area contributed by atoms with E-state index in [2.05, 4.69) is 10.1 Å². The van der Waals surface area contributed by atoms with E-state index in [1.807, 2.05) is 49.4 Å². The summed E-state index contributed by atoms with van der Waals surface area (Å²) in [6, 6.07) is 13.1. The average Bonchev–Trinajstić information content (AvgIpc) is 3.41. The van der Waals surface area contributed by atoms with E-state index in [4.69, 9.17) is 18.7 Å². The van der Waals surface area contributed by atoms with Crippen molar-refractivity contribution in [2.24, 2.45) is 0 Å². The Kier molecular flexibility index (Phi) is 4.74. The standard InChI is InChI=1S/C22H21N3O5/c1-2-27-17-6-4-3-5-16(17)22-23-21(24-30-22)14-11-20(26)25(13-14)15-7-8-18-19(12-15)29-10-9-28-18/h3-8,12,14H,2,9-11,13H2,1H3. The van der Waals surface area contributed by atoms with Gasteiger partial charge in [0.1, 0.15) is 19.0 Å². The Morgan fingerprint density at radius 1 is 1.13 bits per heavy atom. The van der Waals surface area contributed by atoms with E-state index >= 15 is 0 Å². The molecular formula is C22H21N3O5. The van der Waals surface area contributed by atoms with Crippen LogP contribution < -0.4 is 19.1 Å². The van der Waals surface area contributed by atoms with Crippen molar-refractivity contribution in [1.29, 1.82) is 0 Å². The zero-order valence-corrected chi connectivity index (χ0v) is 16.5. The average molecular weight is 407 g/mol. The number of carbonyl (C=O) groups is 1. The second-order valence-corrected chi connectivity index (χ2v) is 7.12. The van der Waals surface area contributed by atoms with Crippen LogP contribution in [0, 0.1) is 0 Å². The molecule has 0 N–H and O–H groups in total. The predicted octanol–water partition coefficient (Wildman–Crippen LogP) is 3.43. The molecule has 0 saturated carbocycles. The first-order chi connectivity index (χ1) is 14.7. The molecular weight excluding hydrogens is 386 g/mol. The molecule has 1 unspecified atom stereocenters. The SMILES string of the molecule is CCOc1ccccc1-c1nc(C2CC(=O)N(c3ccc4c(c3)OCCO4)C2)no1. The van der Waals surface area contributed by atoms with Gasteiger partial charge in [0.2, 0.25) is 5.91 Å². The van der Waals surface area contributed by atoms with E-state index in [1.54, 1.807) is 4.90 Å². The molecule has 2 aliphatic heterocycles. The molecule has 3 heterocycles. The van der Waals surface area contributed by atoms with Crippen LogP contribution in [0.3, 0.4) is 0 Å². The van der Waals surface area contributed by atoms with Crippen LogP contribution in [-0.4, -0.2) is 42.4 Å². The fourth-order valence-corrected chi connectivity index (χ4v) is 3.76. The van der Waals surface area contributed by atoms with Crippen molar-refractivity contribution in [2.45, 2.75) is 19.3 Å². The minimum atomic E-state index is -0.151. The maximum atomic E-state index is 12.7. The monoisotopic (exact) mass is 407 g/mol. The molecule has 2 aliphatic rings. The summed E-state index contributed by atoms with van der Waals surface area (Å²) in [6.45, 7) is 3.97. The number of rotatable bonds is 5. The molecule has 1 aromatic heterocycles. The van der Waals surface area contributed by atoms with Crippen molar-refractivity contribution in [2.75, 3.05) is 31.3 Å². The Bertz CT molecular complexity index is 1080. The highest BCUT2D eigenvalue weighted by atomic mass is 16.6. The molecule has 0 radical (unpaired) electrons. The topological polar surface area (TPSA) is 86.9 Å². The van der Waals surface area contributed by atoms with E-state index in [-0.39, 0.29) is 11.8 Å². The summed E-state index contributed by atoms with van der Waals surface area (Å²) in [5, 5.41) is 4.14. The predicted molar refractivity (Wildman–Crippen MR) is 108 cm³/mol. The summed E-state index contributed by atoms with van der Waals surface area (Å²) >= 11 is 0. The van der Waals surface area contributed by atoms with Crippen molar-refractivity contribution < 1.29 is 23.5 Å². The Balaban J connectivity index is 1.37. The summed E-state index contributed by atoms with van der Waals surface area (Å²) in [5.41, 5.74) is 1.52. The lowest BCUT2D eigenvalue weighted by Gasteiger charge is -2.22. The molecule has 8 nitrogen and oxygen atoms in total. The Morgan fingerprint density at radius 2 is 1.97 bits per heavy atom. The molecule has 1 saturated heterocycles. The molecule has 2 aromatic carbocycles. The molecule has 1 amide bonds. The van der Waals surface area contributed by atoms with E-state index in [1.165, 1.54) is 0 Å². The summed E-state index contributed by atoms with van der Waals surface area (Å²) in [4.78, 5) is 19.0. The first-order valence-electron chi connectivity index (χ1n) is 9.98. The molecule has 5 rings (SSSR count). The van der Waals surface area contributed by atoms with Crippen molar-refractivity contribution in [1.82, 2.24) is 10.1 Å². The molecule has 8 heteroatoms. The van der Waals surface area contributed by atoms with Gasteiger partial charge in [0.15, 0.2) is 17.3 Å². The van der Waals surface area contributed by atoms with Crippen molar-refractivity contribution in [3.63, 3.8) is 0 Å². The number of para-hydroxylation sites is 1. The number of hydrogen-bond donors (Lipinski definition) is 0. The van der Waals surface area contributed by atoms with Crippen molar-refractivity contribution in [3.8, 4) is 28.7 Å². The Labute approximate surface area is 173 Å². The smallest absolute Gasteiger partial charge is 0.261 e. The molecule has 1 atom stereocenters. The van der Waals surface area contributed by atoms with Gasteiger partial charge in [-0.2, -0.15) is 4.98 Å². The zero-order chi connectivity index (χ0) is 20.5. The number of benzene rings is 2. The van der Waals surface area contributed by atoms with Crippen LogP contribution in [0.25, 0.3) is 11.5 Å². The Hall–Kier alpha value is -3.55. The number of nitrogens with zero attached hydrogens (tertiary/aromatic N) is 3. The number of amides is 1. The van der Waals surface area contributed by atoms with Crippen molar-refractivity contribution >= 4 is 11.6 Å². The van der Waals surface area contributed by atoms with Crippen LogP contribution in [0.5, 0.6) is 17.2 Å². The summed E-state index contributed by atoms with van der Waals surface area (Å²) in [6.07, 6.45) is 0.320. The number of ether oxygens (including phenoxy) is 3. The number of hydrogen-bond acceptors (Lipinski definition) is 7. The van der Waals surface area contributed by atoms with Crippen LogP contribution in [0.15, 0.2) is 47.0 Å². The molecule has 0 aliphatic carbocycles. The summed E-state index contributed by atoms with van der Waals surface area (Å²) in [7, 11) is 0. The lowest BCUT2D eigenvalue weighted by Crippen LogP contribution is -2.25. The van der Waals surface area contributed by atoms with E-state index < -0.39 is 0 Å². The highest BCUT2D eigenvalue weighted by Gasteiger charge is 2.35. The van der Waals surface area contributed by atoms with Crippen LogP contribution in [0.2, 0.25) is 0 Å². The van der Waals surface area contributed by atoms with Gasteiger partial charge in [-0.05, 0) is 31.2 Å². The number of aromatic nitrogens is 2. The molecule has 154 valence electrons. The minimum Gasteiger partial charge on any atom is -0.493 e. The van der Waals surface area contributed by atoms with Crippen LogP contribution in [0.1, 0.15) is 25.1 Å². The van der Waals surface area contributed by atoms with E-state index in [0.717, 1.165) is 11.3 Å². The number of anilines is 1. The number of fused-ring (bicyclic) bond motifs is 1. The third-order valence-corrected chi connectivity index (χ3v) is 5.19. The van der Waals surface area contributed by atoms with E-state index in [9.17, 15) is 4.79 Å². The normalized spacial score (nSPS) is 18.0. The van der Waals surface area contributed by atoms with Gasteiger partial charge < -0.3 is 23.6 Å². The molecule has 0 spiro atoms. The Morgan fingerprint density at radius 3 is 2.83 bits per heavy atom. The van der Waals surface area contributed by atoms with Crippen LogP contribution >= 0.6 is 0 Å². The maximum Gasteiger partial charge on any atom is 0.261 e. The molecule has 3 aromatic rings. The lowest BCUT2D eigenvalue weighted by atomic mass is 10.1. The van der Waals surface area contributed by atoms with E-state index in [0.29, 0.717) is 61.7 Å². The molecule has 1 fully saturated rings. The molecule has 0 bridgehead atoms. The first-order valence-corrected chi connectivity index (χ1v) is 9.98. The number of carbonyl (C=O) groups excluding carboxylic acids is 1. The quantitative estimate of drug-likeness (QED) is 0.640. The van der Waals surface area contributed by atoms with Gasteiger partial charge >= 0.3 is 0 Å². The van der Waals surface area contributed by atoms with Gasteiger partial charge in [-0.25, -0.2) is 0 Å². The van der Waals surface area contributed by atoms with Gasteiger partial charge in [-0.1, -0.05) is 17.3 Å². The van der Waals surface area contributed by atoms with Crippen molar-refractivity contribution in [3.05, 3.63) is 48.3 Å². The highest BCUT2D eigenvalue weighted by molar-refractivity contribution is 5.96. The lowest BCUT2D eigenvalue weighted by molar-refractivity contribution is -0.117. The third kappa shape index (κ3) is 3.34. The van der Waals surface area contributed by atoms with Gasteiger partial charge in [-0.15, -0.1) is 0 Å². The minimum absolute atomic E-state index is 0.0118. The van der Waals surface area contributed by atoms with Crippen LogP contribution in [-0.2, 0) is 4.79 Å². The fourth-order valence-electron chi connectivity index (χ4n) is 3.76. The fraction of sp³-hybridized carbons (Fsp3) is 0.318. The second-order valence-electron chi connectivity index (χ2n) is 7.12. The van der Waals surface area contributed by atoms with Gasteiger partial charge in [-0.3, -0.25) is 4.79 Å². The highest BCUT2D eigenvalue weighted by Crippen LogP contribution is 2.38. The van der Waals surface area contributed by atoms with Gasteiger partial charge in [0.05, 0.1) is 12.2 Å². The maximum absolute atomic E-state index is 12.7. The zero-order valence-electron chi connectivity index (χ0n) is 16.5. The third-order valence-electron chi connectivity index (χ3n) is 5.19. The largest absolute Gasteiger partial charge is 0.493 e. The molecule has 30 heavy (non-hydrogen) atoms. The first kappa shape index (κ1) is 18.5. The van der Waals surface area contributed by atoms with Gasteiger partial charge in [0.25, 0.3) is 5.89 Å². The van der Waals surface area contributed by atoms with Crippen LogP contribution in [0.4, 0.5) is 5.69 Å². The van der Waals surface area contributed by atoms with Gasteiger partial charge in [0, 0.05) is 30.6 Å².